The van der Waals surface area contributed by atoms with Crippen LogP contribution >= 0.6 is 0 Å². The van der Waals surface area contributed by atoms with Gasteiger partial charge in [0.05, 0.1) is 12.1 Å². The number of aromatic carboxylic acids is 1. The minimum absolute atomic E-state index is 0.280. The number of hydrogen-bond acceptors (Lipinski definition) is 3. The summed E-state index contributed by atoms with van der Waals surface area (Å²) in [6.45, 7) is 6.85. The van der Waals surface area contributed by atoms with E-state index in [0.29, 0.717) is 12.1 Å². The minimum atomic E-state index is -0.912. The number of fused-ring (bicyclic) bond motifs is 1. The molecule has 0 aliphatic heterocycles. The third-order valence-corrected chi connectivity index (χ3v) is 3.81. The van der Waals surface area contributed by atoms with Crippen molar-refractivity contribution in [2.45, 2.75) is 33.2 Å². The van der Waals surface area contributed by atoms with Gasteiger partial charge in [0.25, 0.3) is 0 Å². The molecule has 5 nitrogen and oxygen atoms in total. The predicted molar refractivity (Wildman–Crippen MR) is 88.9 cm³/mol. The van der Waals surface area contributed by atoms with Crippen LogP contribution in [0.4, 0.5) is 0 Å². The molecule has 3 aromatic rings. The molecule has 0 radical (unpaired) electrons. The van der Waals surface area contributed by atoms with E-state index in [9.17, 15) is 4.79 Å². The standard InChI is InChI=1S/C18H19N3O2/c1-11(2)16-20-15-8-12(3)9-19-17(15)21(16)10-13-4-6-14(7-5-13)18(22)23/h4-9,11H,10H2,1-3H3,(H,22,23). The Balaban J connectivity index is 2.04. The number of imidazole rings is 1. The second kappa shape index (κ2) is 5.83. The van der Waals surface area contributed by atoms with Gasteiger partial charge in [-0.1, -0.05) is 26.0 Å². The smallest absolute Gasteiger partial charge is 0.335 e. The highest BCUT2D eigenvalue weighted by Gasteiger charge is 2.15. The molecule has 5 heteroatoms. The van der Waals surface area contributed by atoms with E-state index in [1.165, 1.54) is 0 Å². The summed E-state index contributed by atoms with van der Waals surface area (Å²) in [5.41, 5.74) is 4.17. The van der Waals surface area contributed by atoms with E-state index < -0.39 is 5.97 Å². The van der Waals surface area contributed by atoms with Gasteiger partial charge in [-0.15, -0.1) is 0 Å². The van der Waals surface area contributed by atoms with Crippen LogP contribution in [0.3, 0.4) is 0 Å². The van der Waals surface area contributed by atoms with E-state index in [-0.39, 0.29) is 5.92 Å². The van der Waals surface area contributed by atoms with Gasteiger partial charge in [-0.25, -0.2) is 14.8 Å². The molecule has 1 aromatic carbocycles. The number of carboxylic acid groups (broad SMARTS) is 1. The van der Waals surface area contributed by atoms with E-state index in [4.69, 9.17) is 10.1 Å². The van der Waals surface area contributed by atoms with E-state index in [1.54, 1.807) is 12.1 Å². The van der Waals surface area contributed by atoms with Crippen LogP contribution in [0.25, 0.3) is 11.2 Å². The lowest BCUT2D eigenvalue weighted by Crippen LogP contribution is -2.07. The summed E-state index contributed by atoms with van der Waals surface area (Å²) < 4.78 is 2.11. The van der Waals surface area contributed by atoms with Gasteiger partial charge < -0.3 is 9.67 Å². The minimum Gasteiger partial charge on any atom is -0.478 e. The third-order valence-electron chi connectivity index (χ3n) is 3.81. The average Bonchev–Trinajstić information content (AvgIpc) is 2.86. The number of hydrogen-bond donors (Lipinski definition) is 1. The van der Waals surface area contributed by atoms with Crippen LogP contribution in [0.15, 0.2) is 36.5 Å². The summed E-state index contributed by atoms with van der Waals surface area (Å²) in [7, 11) is 0. The number of pyridine rings is 1. The Morgan fingerprint density at radius 3 is 2.57 bits per heavy atom. The molecule has 118 valence electrons. The summed E-state index contributed by atoms with van der Waals surface area (Å²) in [6, 6.07) is 8.98. The highest BCUT2D eigenvalue weighted by Crippen LogP contribution is 2.22. The molecule has 0 atom stereocenters. The molecule has 0 saturated heterocycles. The van der Waals surface area contributed by atoms with Crippen LogP contribution in [0.5, 0.6) is 0 Å². The van der Waals surface area contributed by atoms with Crippen molar-refractivity contribution in [2.24, 2.45) is 0 Å². The van der Waals surface area contributed by atoms with Crippen LogP contribution < -0.4 is 0 Å². The molecule has 0 fully saturated rings. The van der Waals surface area contributed by atoms with Gasteiger partial charge in [0.15, 0.2) is 5.65 Å². The maximum atomic E-state index is 11.0. The molecular formula is C18H19N3O2. The SMILES string of the molecule is Cc1cnc2c(c1)nc(C(C)C)n2Cc1ccc(C(=O)O)cc1. The molecule has 2 heterocycles. The zero-order valence-corrected chi connectivity index (χ0v) is 13.4. The van der Waals surface area contributed by atoms with Crippen molar-refractivity contribution in [1.82, 2.24) is 14.5 Å². The molecule has 0 bridgehead atoms. The third kappa shape index (κ3) is 2.95. The van der Waals surface area contributed by atoms with E-state index in [1.807, 2.05) is 31.3 Å². The lowest BCUT2D eigenvalue weighted by molar-refractivity contribution is 0.0697. The van der Waals surface area contributed by atoms with Crippen LogP contribution in [-0.2, 0) is 6.54 Å². The van der Waals surface area contributed by atoms with E-state index in [0.717, 1.165) is 28.1 Å². The Morgan fingerprint density at radius 1 is 1.26 bits per heavy atom. The zero-order valence-electron chi connectivity index (χ0n) is 13.4. The molecule has 0 saturated carbocycles. The summed E-state index contributed by atoms with van der Waals surface area (Å²) in [4.78, 5) is 20.2. The Hall–Kier alpha value is -2.69. The van der Waals surface area contributed by atoms with Gasteiger partial charge in [0.2, 0.25) is 0 Å². The molecule has 0 amide bonds. The molecule has 0 unspecified atom stereocenters. The van der Waals surface area contributed by atoms with Crippen molar-refractivity contribution in [3.05, 3.63) is 59.0 Å². The first kappa shape index (κ1) is 15.2. The fraction of sp³-hybridized carbons (Fsp3) is 0.278. The van der Waals surface area contributed by atoms with Crippen LogP contribution in [0.1, 0.15) is 47.1 Å². The Labute approximate surface area is 134 Å². The van der Waals surface area contributed by atoms with E-state index in [2.05, 4.69) is 23.4 Å². The number of aromatic nitrogens is 3. The van der Waals surface area contributed by atoms with Crippen molar-refractivity contribution >= 4 is 17.1 Å². The Morgan fingerprint density at radius 2 is 1.96 bits per heavy atom. The number of carboxylic acids is 1. The largest absolute Gasteiger partial charge is 0.478 e. The summed E-state index contributed by atoms with van der Waals surface area (Å²) in [5.74, 6) is 0.354. The molecule has 0 aliphatic rings. The molecule has 0 aliphatic carbocycles. The van der Waals surface area contributed by atoms with Crippen molar-refractivity contribution < 1.29 is 9.90 Å². The monoisotopic (exact) mass is 309 g/mol. The lowest BCUT2D eigenvalue weighted by atomic mass is 10.1. The average molecular weight is 309 g/mol. The van der Waals surface area contributed by atoms with Crippen molar-refractivity contribution in [1.29, 1.82) is 0 Å². The molecule has 0 spiro atoms. The number of carbonyl (C=O) groups is 1. The quantitative estimate of drug-likeness (QED) is 0.799. The second-order valence-corrected chi connectivity index (χ2v) is 6.07. The topological polar surface area (TPSA) is 68.0 Å². The van der Waals surface area contributed by atoms with Gasteiger partial charge in [0, 0.05) is 12.1 Å². The maximum Gasteiger partial charge on any atom is 0.335 e. The second-order valence-electron chi connectivity index (χ2n) is 6.07. The van der Waals surface area contributed by atoms with Crippen LogP contribution in [0.2, 0.25) is 0 Å². The van der Waals surface area contributed by atoms with Crippen molar-refractivity contribution in [3.63, 3.8) is 0 Å². The van der Waals surface area contributed by atoms with Crippen LogP contribution in [-0.4, -0.2) is 25.6 Å². The molecule has 2 aromatic heterocycles. The first-order chi connectivity index (χ1) is 11.0. The normalized spacial score (nSPS) is 11.3. The fourth-order valence-corrected chi connectivity index (χ4v) is 2.66. The van der Waals surface area contributed by atoms with E-state index >= 15 is 0 Å². The summed E-state index contributed by atoms with van der Waals surface area (Å²) in [5, 5.41) is 8.99. The summed E-state index contributed by atoms with van der Waals surface area (Å²) in [6.07, 6.45) is 1.85. The Bertz CT molecular complexity index is 864. The highest BCUT2D eigenvalue weighted by molar-refractivity contribution is 5.87. The molecule has 3 rings (SSSR count). The predicted octanol–water partition coefficient (Wildman–Crippen LogP) is 3.61. The van der Waals surface area contributed by atoms with Gasteiger partial charge in [-0.3, -0.25) is 0 Å². The van der Waals surface area contributed by atoms with Gasteiger partial charge in [0.1, 0.15) is 11.3 Å². The molecule has 23 heavy (non-hydrogen) atoms. The first-order valence-electron chi connectivity index (χ1n) is 7.60. The highest BCUT2D eigenvalue weighted by atomic mass is 16.4. The molecular weight excluding hydrogens is 290 g/mol. The number of rotatable bonds is 4. The van der Waals surface area contributed by atoms with Gasteiger partial charge >= 0.3 is 5.97 Å². The maximum absolute atomic E-state index is 11.0. The number of nitrogens with zero attached hydrogens (tertiary/aromatic N) is 3. The lowest BCUT2D eigenvalue weighted by Gasteiger charge is -2.11. The molecule has 1 N–H and O–H groups in total. The van der Waals surface area contributed by atoms with Crippen molar-refractivity contribution in [3.8, 4) is 0 Å². The number of benzene rings is 1. The van der Waals surface area contributed by atoms with Gasteiger partial charge in [-0.2, -0.15) is 0 Å². The van der Waals surface area contributed by atoms with Crippen LogP contribution in [0, 0.1) is 6.92 Å². The Kier molecular flexibility index (Phi) is 3.86. The van der Waals surface area contributed by atoms with Crippen molar-refractivity contribution in [2.75, 3.05) is 0 Å². The zero-order chi connectivity index (χ0) is 16.6. The number of aryl methyl sites for hydroxylation is 1. The first-order valence-corrected chi connectivity index (χ1v) is 7.60. The van der Waals surface area contributed by atoms with Gasteiger partial charge in [-0.05, 0) is 36.2 Å². The fourth-order valence-electron chi connectivity index (χ4n) is 2.66. The summed E-state index contributed by atoms with van der Waals surface area (Å²) >= 11 is 0.